The monoisotopic (exact) mass is 170 g/mol. The quantitative estimate of drug-likeness (QED) is 0.587. The first-order valence-electron chi connectivity index (χ1n) is 3.64. The van der Waals surface area contributed by atoms with Crippen molar-refractivity contribution in [1.82, 2.24) is 5.32 Å². The van der Waals surface area contributed by atoms with E-state index in [1.54, 1.807) is 0 Å². The van der Waals surface area contributed by atoms with E-state index in [-0.39, 0.29) is 13.2 Å². The van der Waals surface area contributed by atoms with Crippen molar-refractivity contribution in [2.45, 2.75) is 12.0 Å². The summed E-state index contributed by atoms with van der Waals surface area (Å²) in [6.07, 6.45) is 0.552. The molecule has 66 valence electrons. The van der Waals surface area contributed by atoms with Crippen LogP contribution in [0, 0.1) is 11.3 Å². The molecular weight excluding hydrogens is 160 g/mol. The molecule has 0 bridgehead atoms. The summed E-state index contributed by atoms with van der Waals surface area (Å²) in [5.41, 5.74) is -0.779. The van der Waals surface area contributed by atoms with E-state index >= 15 is 0 Å². The van der Waals surface area contributed by atoms with E-state index in [0.717, 1.165) is 0 Å². The van der Waals surface area contributed by atoms with Gasteiger partial charge in [0.25, 0.3) is 0 Å². The predicted molar refractivity (Wildman–Crippen MR) is 39.4 cm³/mol. The second kappa shape index (κ2) is 3.52. The zero-order chi connectivity index (χ0) is 9.03. The summed E-state index contributed by atoms with van der Waals surface area (Å²) in [6.45, 7) is 0.591. The Morgan fingerprint density at radius 2 is 2.58 bits per heavy atom. The van der Waals surface area contributed by atoms with Gasteiger partial charge < -0.3 is 9.84 Å². The zero-order valence-electron chi connectivity index (χ0n) is 6.54. The summed E-state index contributed by atoms with van der Waals surface area (Å²) in [7, 11) is 0. The van der Waals surface area contributed by atoms with Crippen LogP contribution < -0.4 is 5.32 Å². The number of hydrogen-bond acceptors (Lipinski definition) is 4. The van der Waals surface area contributed by atoms with Crippen LogP contribution in [0.15, 0.2) is 0 Å². The molecular formula is C7H10N2O3. The van der Waals surface area contributed by atoms with Gasteiger partial charge in [0.15, 0.2) is 0 Å². The van der Waals surface area contributed by atoms with Crippen LogP contribution in [0.5, 0.6) is 0 Å². The van der Waals surface area contributed by atoms with Crippen molar-refractivity contribution in [1.29, 1.82) is 5.26 Å². The molecule has 0 aromatic carbocycles. The average molecular weight is 170 g/mol. The van der Waals surface area contributed by atoms with Crippen LogP contribution in [0.25, 0.3) is 0 Å². The molecule has 12 heavy (non-hydrogen) atoms. The first kappa shape index (κ1) is 8.97. The highest BCUT2D eigenvalue weighted by Crippen LogP contribution is 2.16. The molecule has 0 saturated carbocycles. The molecule has 5 nitrogen and oxygen atoms in total. The van der Waals surface area contributed by atoms with E-state index in [9.17, 15) is 4.79 Å². The zero-order valence-corrected chi connectivity index (χ0v) is 6.54. The highest BCUT2D eigenvalue weighted by Gasteiger charge is 2.34. The minimum absolute atomic E-state index is 0.198. The highest BCUT2D eigenvalue weighted by atomic mass is 16.5. The molecule has 2 N–H and O–H groups in total. The smallest absolute Gasteiger partial charge is 0.317 e. The number of rotatable bonds is 3. The lowest BCUT2D eigenvalue weighted by atomic mass is 10.0. The number of hydrogen-bond donors (Lipinski definition) is 2. The fourth-order valence-electron chi connectivity index (χ4n) is 1.08. The maximum Gasteiger partial charge on any atom is 0.317 e. The lowest BCUT2D eigenvalue weighted by Crippen LogP contribution is -2.46. The highest BCUT2D eigenvalue weighted by molar-refractivity contribution is 5.69. The molecule has 0 spiro atoms. The molecule has 1 aliphatic rings. The van der Waals surface area contributed by atoms with Gasteiger partial charge in [-0.05, 0) is 0 Å². The van der Waals surface area contributed by atoms with Crippen molar-refractivity contribution in [3.05, 3.63) is 0 Å². The first-order chi connectivity index (χ1) is 5.68. The maximum absolute atomic E-state index is 10.2. The third kappa shape index (κ3) is 1.94. The molecule has 0 aromatic heterocycles. The van der Waals surface area contributed by atoms with Gasteiger partial charge in [0.1, 0.15) is 5.54 Å². The molecule has 0 amide bonds. The number of carboxylic acid groups (broad SMARTS) is 1. The molecule has 5 heteroatoms. The first-order valence-corrected chi connectivity index (χ1v) is 3.64. The maximum atomic E-state index is 10.2. The van der Waals surface area contributed by atoms with Gasteiger partial charge in [-0.25, -0.2) is 0 Å². The Hall–Kier alpha value is -1.12. The van der Waals surface area contributed by atoms with Crippen molar-refractivity contribution >= 4 is 5.97 Å². The Morgan fingerprint density at radius 1 is 1.83 bits per heavy atom. The Kier molecular flexibility index (Phi) is 2.63. The SMILES string of the molecule is N#CC1(NCC(=O)O)CCOC1. The molecule has 1 heterocycles. The lowest BCUT2D eigenvalue weighted by molar-refractivity contribution is -0.136. The predicted octanol–water partition coefficient (Wildman–Crippen LogP) is -0.657. The Morgan fingerprint density at radius 3 is 3.00 bits per heavy atom. The summed E-state index contributed by atoms with van der Waals surface area (Å²) in [5, 5.41) is 19.8. The molecule has 1 saturated heterocycles. The Balaban J connectivity index is 2.46. The van der Waals surface area contributed by atoms with Gasteiger partial charge in [0.05, 0.1) is 19.2 Å². The van der Waals surface area contributed by atoms with Crippen LogP contribution >= 0.6 is 0 Å². The van der Waals surface area contributed by atoms with Crippen LogP contribution in [0.2, 0.25) is 0 Å². The van der Waals surface area contributed by atoms with Crippen LogP contribution in [-0.2, 0) is 9.53 Å². The molecule has 0 radical (unpaired) electrons. The Labute approximate surface area is 69.9 Å². The van der Waals surface area contributed by atoms with Gasteiger partial charge >= 0.3 is 5.97 Å². The summed E-state index contributed by atoms with van der Waals surface area (Å²) in [6, 6.07) is 2.03. The minimum atomic E-state index is -0.962. The number of nitrogens with zero attached hydrogens (tertiary/aromatic N) is 1. The van der Waals surface area contributed by atoms with Crippen LogP contribution in [0.4, 0.5) is 0 Å². The lowest BCUT2D eigenvalue weighted by Gasteiger charge is -2.18. The van der Waals surface area contributed by atoms with Crippen LogP contribution in [0.1, 0.15) is 6.42 Å². The number of ether oxygens (including phenoxy) is 1. The molecule has 1 atom stereocenters. The van der Waals surface area contributed by atoms with Crippen molar-refractivity contribution < 1.29 is 14.6 Å². The van der Waals surface area contributed by atoms with Gasteiger partial charge in [-0.3, -0.25) is 10.1 Å². The number of carbonyl (C=O) groups is 1. The second-order valence-electron chi connectivity index (χ2n) is 2.74. The topological polar surface area (TPSA) is 82.4 Å². The third-order valence-electron chi connectivity index (χ3n) is 1.81. The van der Waals surface area contributed by atoms with Gasteiger partial charge in [0.2, 0.25) is 0 Å². The van der Waals surface area contributed by atoms with Crippen molar-refractivity contribution in [3.8, 4) is 6.07 Å². The van der Waals surface area contributed by atoms with E-state index in [4.69, 9.17) is 15.1 Å². The van der Waals surface area contributed by atoms with Crippen molar-refractivity contribution in [3.63, 3.8) is 0 Å². The largest absolute Gasteiger partial charge is 0.480 e. The van der Waals surface area contributed by atoms with Gasteiger partial charge in [-0.15, -0.1) is 0 Å². The summed E-state index contributed by atoms with van der Waals surface area (Å²) >= 11 is 0. The number of nitriles is 1. The molecule has 0 aromatic rings. The third-order valence-corrected chi connectivity index (χ3v) is 1.81. The fraction of sp³-hybridized carbons (Fsp3) is 0.714. The molecule has 0 aliphatic carbocycles. The van der Waals surface area contributed by atoms with Gasteiger partial charge in [0, 0.05) is 13.0 Å². The van der Waals surface area contributed by atoms with E-state index in [1.165, 1.54) is 0 Å². The number of nitrogens with one attached hydrogen (secondary N) is 1. The average Bonchev–Trinajstić information content (AvgIpc) is 2.50. The standard InChI is InChI=1S/C7H10N2O3/c8-4-7(1-2-12-5-7)9-3-6(10)11/h9H,1-3,5H2,(H,10,11). The number of aliphatic carboxylic acids is 1. The van der Waals surface area contributed by atoms with E-state index < -0.39 is 11.5 Å². The second-order valence-corrected chi connectivity index (χ2v) is 2.74. The summed E-state index contributed by atoms with van der Waals surface area (Å²) in [5.74, 6) is -0.962. The normalized spacial score (nSPS) is 28.2. The van der Waals surface area contributed by atoms with Crippen molar-refractivity contribution in [2.75, 3.05) is 19.8 Å². The fourth-order valence-corrected chi connectivity index (χ4v) is 1.08. The van der Waals surface area contributed by atoms with E-state index in [1.807, 2.05) is 6.07 Å². The Bertz CT molecular complexity index is 215. The van der Waals surface area contributed by atoms with E-state index in [2.05, 4.69) is 5.32 Å². The summed E-state index contributed by atoms with van der Waals surface area (Å²) in [4.78, 5) is 10.2. The van der Waals surface area contributed by atoms with Crippen molar-refractivity contribution in [2.24, 2.45) is 0 Å². The van der Waals surface area contributed by atoms with Gasteiger partial charge in [-0.1, -0.05) is 0 Å². The summed E-state index contributed by atoms with van der Waals surface area (Å²) < 4.78 is 5.01. The molecule has 1 aliphatic heterocycles. The minimum Gasteiger partial charge on any atom is -0.480 e. The molecule has 1 unspecified atom stereocenters. The van der Waals surface area contributed by atoms with Crippen LogP contribution in [-0.4, -0.2) is 36.4 Å². The van der Waals surface area contributed by atoms with E-state index in [0.29, 0.717) is 13.0 Å². The molecule has 1 rings (SSSR count). The number of carboxylic acids is 1. The molecule has 1 fully saturated rings. The van der Waals surface area contributed by atoms with Crippen LogP contribution in [0.3, 0.4) is 0 Å². The van der Waals surface area contributed by atoms with Gasteiger partial charge in [-0.2, -0.15) is 5.26 Å².